The summed E-state index contributed by atoms with van der Waals surface area (Å²) in [4.78, 5) is 19.2. The van der Waals surface area contributed by atoms with Crippen LogP contribution in [0.2, 0.25) is 0 Å². The molecule has 0 saturated carbocycles. The fourth-order valence-electron chi connectivity index (χ4n) is 1.38. The van der Waals surface area contributed by atoms with Crippen LogP contribution < -0.4 is 0 Å². The van der Waals surface area contributed by atoms with Crippen LogP contribution >= 0.6 is 11.8 Å². The number of hydrogen-bond acceptors (Lipinski definition) is 4. The van der Waals surface area contributed by atoms with Gasteiger partial charge in [0.2, 0.25) is 0 Å². The Bertz CT molecular complexity index is 584. The quantitative estimate of drug-likeness (QED) is 0.841. The molecule has 2 aromatic rings. The summed E-state index contributed by atoms with van der Waals surface area (Å²) in [5.41, 5.74) is 1.13. The molecular weight excluding hydrogens is 234 g/mol. The lowest BCUT2D eigenvalue weighted by Crippen LogP contribution is -1.96. The zero-order chi connectivity index (χ0) is 12.3. The number of rotatable bonds is 3. The molecule has 0 radical (unpaired) electrons. The first-order valence-corrected chi connectivity index (χ1v) is 5.74. The predicted octanol–water partition coefficient (Wildman–Crippen LogP) is 2.64. The molecule has 5 heteroatoms. The molecule has 0 atom stereocenters. The number of carbonyl (C=O) groups excluding carboxylic acids is 1. The second kappa shape index (κ2) is 4.85. The smallest absolute Gasteiger partial charge is 0.170 e. The number of nitriles is 1. The molecule has 0 unspecified atom stereocenters. The Labute approximate surface area is 103 Å². The zero-order valence-electron chi connectivity index (χ0n) is 9.10. The number of carbonyl (C=O) groups is 1. The summed E-state index contributed by atoms with van der Waals surface area (Å²) in [5, 5.41) is 9.55. The number of H-pyrrole nitrogens is 1. The molecule has 1 N–H and O–H groups in total. The second-order valence-electron chi connectivity index (χ2n) is 3.38. The Kier molecular flexibility index (Phi) is 3.26. The number of hydrogen-bond donors (Lipinski definition) is 1. The highest BCUT2D eigenvalue weighted by atomic mass is 32.2. The maximum absolute atomic E-state index is 11.5. The van der Waals surface area contributed by atoms with Crippen LogP contribution in [0.5, 0.6) is 0 Å². The number of nitrogens with zero attached hydrogens (tertiary/aromatic N) is 2. The zero-order valence-corrected chi connectivity index (χ0v) is 9.91. The van der Waals surface area contributed by atoms with E-state index in [2.05, 4.69) is 16.0 Å². The van der Waals surface area contributed by atoms with E-state index in [1.54, 1.807) is 30.6 Å². The van der Waals surface area contributed by atoms with Crippen LogP contribution in [0.1, 0.15) is 22.8 Å². The summed E-state index contributed by atoms with van der Waals surface area (Å²) in [7, 11) is 0. The van der Waals surface area contributed by atoms with Crippen LogP contribution in [0, 0.1) is 11.3 Å². The lowest BCUT2D eigenvalue weighted by Gasteiger charge is -2.04. The van der Waals surface area contributed by atoms with E-state index in [4.69, 9.17) is 5.26 Å². The number of ketones is 1. The van der Waals surface area contributed by atoms with Crippen molar-refractivity contribution < 1.29 is 4.79 Å². The summed E-state index contributed by atoms with van der Waals surface area (Å²) in [6.07, 6.45) is 3.35. The second-order valence-corrected chi connectivity index (χ2v) is 4.41. The first-order valence-electron chi connectivity index (χ1n) is 4.93. The Morgan fingerprint density at radius 2 is 2.35 bits per heavy atom. The van der Waals surface area contributed by atoms with Crippen LogP contribution in [-0.2, 0) is 0 Å². The van der Waals surface area contributed by atoms with Crippen molar-refractivity contribution in [2.24, 2.45) is 0 Å². The van der Waals surface area contributed by atoms with Gasteiger partial charge in [0.05, 0.1) is 11.6 Å². The van der Waals surface area contributed by atoms with Crippen LogP contribution in [0.3, 0.4) is 0 Å². The Hall–Kier alpha value is -2.06. The molecule has 1 heterocycles. The highest BCUT2D eigenvalue weighted by Gasteiger charge is 2.10. The number of benzene rings is 1. The van der Waals surface area contributed by atoms with E-state index in [0.717, 1.165) is 4.90 Å². The molecule has 4 nitrogen and oxygen atoms in total. The molecule has 0 amide bonds. The van der Waals surface area contributed by atoms with Crippen LogP contribution in [-0.4, -0.2) is 15.8 Å². The Morgan fingerprint density at radius 3 is 2.94 bits per heavy atom. The molecule has 0 bridgehead atoms. The topological polar surface area (TPSA) is 69.5 Å². The maximum Gasteiger partial charge on any atom is 0.170 e. The van der Waals surface area contributed by atoms with E-state index in [9.17, 15) is 4.79 Å². The molecule has 2 rings (SSSR count). The minimum absolute atomic E-state index is 0.0245. The van der Waals surface area contributed by atoms with Crippen LogP contribution in [0.15, 0.2) is 40.6 Å². The highest BCUT2D eigenvalue weighted by molar-refractivity contribution is 7.99. The molecule has 0 saturated heterocycles. The van der Waals surface area contributed by atoms with Gasteiger partial charge >= 0.3 is 0 Å². The van der Waals surface area contributed by atoms with E-state index in [0.29, 0.717) is 16.3 Å². The van der Waals surface area contributed by atoms with Crippen molar-refractivity contribution in [2.75, 3.05) is 0 Å². The minimum Gasteiger partial charge on any atom is -0.339 e. The fourth-order valence-corrected chi connectivity index (χ4v) is 2.33. The van der Waals surface area contributed by atoms with Crippen molar-refractivity contribution >= 4 is 17.5 Å². The van der Waals surface area contributed by atoms with Gasteiger partial charge in [0.25, 0.3) is 0 Å². The van der Waals surface area contributed by atoms with Crippen molar-refractivity contribution in [3.63, 3.8) is 0 Å². The molecule has 0 aliphatic rings. The van der Waals surface area contributed by atoms with E-state index in [-0.39, 0.29) is 5.78 Å². The molecule has 0 aliphatic carbocycles. The average molecular weight is 243 g/mol. The summed E-state index contributed by atoms with van der Waals surface area (Å²) in [6.45, 7) is 1.51. The van der Waals surface area contributed by atoms with Crippen molar-refractivity contribution in [2.45, 2.75) is 17.0 Å². The van der Waals surface area contributed by atoms with Crippen molar-refractivity contribution in [1.29, 1.82) is 5.26 Å². The van der Waals surface area contributed by atoms with Crippen molar-refractivity contribution in [3.05, 3.63) is 41.7 Å². The van der Waals surface area contributed by atoms with E-state index >= 15 is 0 Å². The first-order chi connectivity index (χ1) is 8.20. The number of imidazole rings is 1. The molecule has 0 aliphatic heterocycles. The summed E-state index contributed by atoms with van der Waals surface area (Å²) in [5.74, 6) is -0.0245. The third-order valence-electron chi connectivity index (χ3n) is 2.17. The standard InChI is InChI=1S/C12H9N3OS/c1-8(16)10-3-2-9(7-13)6-11(10)17-12-14-4-5-15-12/h2-6H,1H3,(H,14,15). The largest absolute Gasteiger partial charge is 0.339 e. The van der Waals surface area contributed by atoms with Gasteiger partial charge in [-0.05, 0) is 25.1 Å². The Morgan fingerprint density at radius 1 is 1.53 bits per heavy atom. The van der Waals surface area contributed by atoms with Crippen molar-refractivity contribution in [1.82, 2.24) is 9.97 Å². The van der Waals surface area contributed by atoms with E-state index < -0.39 is 0 Å². The maximum atomic E-state index is 11.5. The number of Topliss-reactive ketones (excluding diaryl/α,β-unsaturated/α-hetero) is 1. The van der Waals surface area contributed by atoms with Gasteiger partial charge in [0.1, 0.15) is 0 Å². The molecular formula is C12H9N3OS. The lowest BCUT2D eigenvalue weighted by molar-refractivity contribution is 0.101. The molecule has 0 spiro atoms. The molecule has 0 fully saturated rings. The van der Waals surface area contributed by atoms with Gasteiger partial charge in [-0.25, -0.2) is 4.98 Å². The Balaban J connectivity index is 2.42. The van der Waals surface area contributed by atoms with Crippen molar-refractivity contribution in [3.8, 4) is 6.07 Å². The molecule has 1 aromatic heterocycles. The number of nitrogens with one attached hydrogen (secondary N) is 1. The van der Waals surface area contributed by atoms with Gasteiger partial charge in [-0.2, -0.15) is 5.26 Å². The monoisotopic (exact) mass is 243 g/mol. The summed E-state index contributed by atoms with van der Waals surface area (Å²) < 4.78 is 0. The molecule has 84 valence electrons. The highest BCUT2D eigenvalue weighted by Crippen LogP contribution is 2.29. The number of aromatic nitrogens is 2. The lowest BCUT2D eigenvalue weighted by atomic mass is 10.1. The van der Waals surface area contributed by atoms with E-state index in [1.165, 1.54) is 18.7 Å². The third kappa shape index (κ3) is 2.55. The SMILES string of the molecule is CC(=O)c1ccc(C#N)cc1Sc1ncc[nH]1. The first kappa shape index (κ1) is 11.4. The van der Waals surface area contributed by atoms with Gasteiger partial charge < -0.3 is 4.98 Å². The average Bonchev–Trinajstić information content (AvgIpc) is 2.81. The van der Waals surface area contributed by atoms with Gasteiger partial charge in [0, 0.05) is 22.9 Å². The predicted molar refractivity (Wildman–Crippen MR) is 63.9 cm³/mol. The van der Waals surface area contributed by atoms with Gasteiger partial charge in [-0.3, -0.25) is 4.79 Å². The van der Waals surface area contributed by atoms with Crippen LogP contribution in [0.4, 0.5) is 0 Å². The third-order valence-corrected chi connectivity index (χ3v) is 3.14. The van der Waals surface area contributed by atoms with Gasteiger partial charge in [0.15, 0.2) is 10.9 Å². The number of aromatic amines is 1. The molecule has 1 aromatic carbocycles. The fraction of sp³-hybridized carbons (Fsp3) is 0.0833. The van der Waals surface area contributed by atoms with E-state index in [1.807, 2.05) is 0 Å². The minimum atomic E-state index is -0.0245. The summed E-state index contributed by atoms with van der Waals surface area (Å²) >= 11 is 1.34. The summed E-state index contributed by atoms with van der Waals surface area (Å²) in [6, 6.07) is 7.07. The normalized spacial score (nSPS) is 9.88. The van der Waals surface area contributed by atoms with Crippen LogP contribution in [0.25, 0.3) is 0 Å². The van der Waals surface area contributed by atoms with Gasteiger partial charge in [-0.15, -0.1) is 0 Å². The molecule has 17 heavy (non-hydrogen) atoms. The van der Waals surface area contributed by atoms with Gasteiger partial charge in [-0.1, -0.05) is 11.8 Å².